The molecule has 0 aromatic rings. The summed E-state index contributed by atoms with van der Waals surface area (Å²) in [4.78, 5) is 10.7. The van der Waals surface area contributed by atoms with Crippen LogP contribution in [0.4, 0.5) is 0 Å². The number of hydrogen-bond donors (Lipinski definition) is 1. The van der Waals surface area contributed by atoms with Gasteiger partial charge in [0.1, 0.15) is 0 Å². The standard InChI is InChI=1S/C8H16O2.C3H8O.K.H/c1-3-5-6-7-8(9)10-4-2;1-3(2)4;;/h3-7H2,1-2H3;3-4H,1-2H3;;/q;;+1;-1. The van der Waals surface area contributed by atoms with E-state index in [9.17, 15) is 4.79 Å². The van der Waals surface area contributed by atoms with E-state index in [1.165, 1.54) is 0 Å². The maximum atomic E-state index is 10.7. The Morgan fingerprint density at radius 3 is 2.13 bits per heavy atom. The Bertz CT molecular complexity index is 130. The number of hydrogen-bond acceptors (Lipinski definition) is 3. The maximum absolute atomic E-state index is 10.7. The zero-order valence-corrected chi connectivity index (χ0v) is 14.0. The van der Waals surface area contributed by atoms with Gasteiger partial charge in [-0.2, -0.15) is 0 Å². The van der Waals surface area contributed by atoms with Crippen LogP contribution in [0.3, 0.4) is 0 Å². The Balaban J connectivity index is -0.000000105. The van der Waals surface area contributed by atoms with Crippen LogP contribution in [0.5, 0.6) is 0 Å². The molecular formula is C11H25KO3. The van der Waals surface area contributed by atoms with Gasteiger partial charge in [0.05, 0.1) is 6.61 Å². The predicted molar refractivity (Wildman–Crippen MR) is 59.2 cm³/mol. The molecule has 88 valence electrons. The molecule has 0 aromatic carbocycles. The zero-order valence-electron chi connectivity index (χ0n) is 11.9. The second-order valence-electron chi connectivity index (χ2n) is 3.36. The van der Waals surface area contributed by atoms with Gasteiger partial charge < -0.3 is 11.3 Å². The molecule has 0 aliphatic heterocycles. The fourth-order valence-corrected chi connectivity index (χ4v) is 0.752. The summed E-state index contributed by atoms with van der Waals surface area (Å²) in [5, 5.41) is 8.06. The fraction of sp³-hybridized carbons (Fsp3) is 0.909. The van der Waals surface area contributed by atoms with Crippen molar-refractivity contribution in [2.24, 2.45) is 0 Å². The van der Waals surface area contributed by atoms with Crippen LogP contribution >= 0.6 is 0 Å². The van der Waals surface area contributed by atoms with E-state index in [2.05, 4.69) is 6.92 Å². The SMILES string of the molecule is CC(C)O.CCCCCC(=O)OCC.[H-].[K+]. The van der Waals surface area contributed by atoms with Crippen LogP contribution in [-0.2, 0) is 9.53 Å². The van der Waals surface area contributed by atoms with Gasteiger partial charge in [-0.15, -0.1) is 0 Å². The van der Waals surface area contributed by atoms with Crippen molar-refractivity contribution < 1.29 is 67.4 Å². The number of ether oxygens (including phenoxy) is 1. The normalized spacial score (nSPS) is 8.67. The third-order valence-electron chi connectivity index (χ3n) is 1.29. The van der Waals surface area contributed by atoms with Crippen molar-refractivity contribution >= 4 is 5.97 Å². The minimum Gasteiger partial charge on any atom is -1.00 e. The van der Waals surface area contributed by atoms with Gasteiger partial charge in [0.15, 0.2) is 0 Å². The van der Waals surface area contributed by atoms with Crippen molar-refractivity contribution in [1.29, 1.82) is 0 Å². The molecule has 0 aliphatic carbocycles. The summed E-state index contributed by atoms with van der Waals surface area (Å²) >= 11 is 0. The van der Waals surface area contributed by atoms with E-state index in [0.29, 0.717) is 13.0 Å². The second-order valence-corrected chi connectivity index (χ2v) is 3.36. The minimum atomic E-state index is -0.167. The maximum Gasteiger partial charge on any atom is 1.00 e. The molecule has 0 atom stereocenters. The van der Waals surface area contributed by atoms with Gasteiger partial charge >= 0.3 is 57.4 Å². The largest absolute Gasteiger partial charge is 1.00 e. The molecular weight excluding hydrogens is 219 g/mol. The van der Waals surface area contributed by atoms with Crippen LogP contribution in [0.1, 0.15) is 54.8 Å². The van der Waals surface area contributed by atoms with Crippen LogP contribution < -0.4 is 51.4 Å². The molecule has 0 saturated carbocycles. The van der Waals surface area contributed by atoms with Crippen molar-refractivity contribution in [1.82, 2.24) is 0 Å². The molecule has 0 radical (unpaired) electrons. The van der Waals surface area contributed by atoms with Crippen LogP contribution in [0, 0.1) is 0 Å². The Morgan fingerprint density at radius 2 is 1.80 bits per heavy atom. The molecule has 0 unspecified atom stereocenters. The summed E-state index contributed by atoms with van der Waals surface area (Å²) in [6.07, 6.45) is 3.66. The summed E-state index contributed by atoms with van der Waals surface area (Å²) < 4.78 is 4.75. The number of unbranched alkanes of at least 4 members (excludes halogenated alkanes) is 2. The summed E-state index contributed by atoms with van der Waals surface area (Å²) in [6.45, 7) is 7.90. The number of esters is 1. The van der Waals surface area contributed by atoms with Crippen LogP contribution in [0.2, 0.25) is 0 Å². The van der Waals surface area contributed by atoms with Crippen LogP contribution in [-0.4, -0.2) is 23.8 Å². The van der Waals surface area contributed by atoms with E-state index in [1.54, 1.807) is 13.8 Å². The van der Waals surface area contributed by atoms with E-state index in [1.807, 2.05) is 6.92 Å². The summed E-state index contributed by atoms with van der Waals surface area (Å²) in [5.41, 5.74) is 0. The first-order valence-electron chi connectivity index (χ1n) is 5.38. The molecule has 0 heterocycles. The molecule has 3 nitrogen and oxygen atoms in total. The number of aliphatic hydroxyl groups is 1. The van der Waals surface area contributed by atoms with Gasteiger partial charge in [-0.05, 0) is 27.2 Å². The van der Waals surface area contributed by atoms with Crippen molar-refractivity contribution in [3.8, 4) is 0 Å². The quantitative estimate of drug-likeness (QED) is 0.408. The molecule has 0 amide bonds. The zero-order chi connectivity index (χ0) is 11.4. The molecule has 0 fully saturated rings. The molecule has 1 N–H and O–H groups in total. The van der Waals surface area contributed by atoms with E-state index in [-0.39, 0.29) is 64.9 Å². The smallest absolute Gasteiger partial charge is 1.00 e. The first-order valence-corrected chi connectivity index (χ1v) is 5.38. The third kappa shape index (κ3) is 31.3. The molecule has 4 heteroatoms. The third-order valence-corrected chi connectivity index (χ3v) is 1.29. The first kappa shape index (κ1) is 21.4. The number of rotatable bonds is 5. The van der Waals surface area contributed by atoms with E-state index in [0.717, 1.165) is 19.3 Å². The van der Waals surface area contributed by atoms with Gasteiger partial charge in [0, 0.05) is 12.5 Å². The molecule has 0 bridgehead atoms. The molecule has 0 aliphatic rings. The topological polar surface area (TPSA) is 46.5 Å². The number of carbonyl (C=O) groups excluding carboxylic acids is 1. The van der Waals surface area contributed by atoms with Gasteiger partial charge in [-0.25, -0.2) is 0 Å². The Labute approximate surface area is 138 Å². The first-order chi connectivity index (χ1) is 6.54. The number of carbonyl (C=O) groups is 1. The van der Waals surface area contributed by atoms with Crippen molar-refractivity contribution in [3.05, 3.63) is 0 Å². The average Bonchev–Trinajstić information content (AvgIpc) is 2.04. The van der Waals surface area contributed by atoms with Gasteiger partial charge in [0.25, 0.3) is 0 Å². The van der Waals surface area contributed by atoms with Gasteiger partial charge in [-0.1, -0.05) is 19.8 Å². The molecule has 15 heavy (non-hydrogen) atoms. The Morgan fingerprint density at radius 1 is 1.33 bits per heavy atom. The molecule has 0 saturated heterocycles. The minimum absolute atomic E-state index is 0. The second kappa shape index (κ2) is 17.5. The van der Waals surface area contributed by atoms with Gasteiger partial charge in [-0.3, -0.25) is 4.79 Å². The fourth-order valence-electron chi connectivity index (χ4n) is 0.752. The van der Waals surface area contributed by atoms with Crippen LogP contribution in [0.15, 0.2) is 0 Å². The summed E-state index contributed by atoms with van der Waals surface area (Å²) in [7, 11) is 0. The van der Waals surface area contributed by atoms with E-state index in [4.69, 9.17) is 9.84 Å². The van der Waals surface area contributed by atoms with E-state index >= 15 is 0 Å². The average molecular weight is 244 g/mol. The van der Waals surface area contributed by atoms with E-state index < -0.39 is 0 Å². The molecule has 0 rings (SSSR count). The predicted octanol–water partition coefficient (Wildman–Crippen LogP) is -0.367. The monoisotopic (exact) mass is 244 g/mol. The molecule has 0 aromatic heterocycles. The summed E-state index contributed by atoms with van der Waals surface area (Å²) in [5.74, 6) is -0.0593. The van der Waals surface area contributed by atoms with Crippen molar-refractivity contribution in [2.75, 3.05) is 6.61 Å². The van der Waals surface area contributed by atoms with Gasteiger partial charge in [0.2, 0.25) is 0 Å². The Kier molecular flexibility index (Phi) is 24.9. The van der Waals surface area contributed by atoms with Crippen molar-refractivity contribution in [3.63, 3.8) is 0 Å². The number of aliphatic hydroxyl groups excluding tert-OH is 1. The van der Waals surface area contributed by atoms with Crippen LogP contribution in [0.25, 0.3) is 0 Å². The molecule has 0 spiro atoms. The Hall–Kier alpha value is 1.07. The summed E-state index contributed by atoms with van der Waals surface area (Å²) in [6, 6.07) is 0. The van der Waals surface area contributed by atoms with Crippen molar-refractivity contribution in [2.45, 2.75) is 59.5 Å².